The van der Waals surface area contributed by atoms with E-state index in [0.717, 1.165) is 23.5 Å². The Morgan fingerprint density at radius 1 is 1.33 bits per heavy atom. The number of benzene rings is 1. The molecule has 0 bridgehead atoms. The molecule has 1 aliphatic carbocycles. The van der Waals surface area contributed by atoms with E-state index in [1.54, 1.807) is 7.11 Å². The van der Waals surface area contributed by atoms with Crippen LogP contribution < -0.4 is 5.32 Å². The van der Waals surface area contributed by atoms with E-state index < -0.39 is 0 Å². The number of amides is 1. The second kappa shape index (κ2) is 6.77. The van der Waals surface area contributed by atoms with Crippen molar-refractivity contribution in [2.75, 3.05) is 19.0 Å². The van der Waals surface area contributed by atoms with Gasteiger partial charge in [0.25, 0.3) is 0 Å². The van der Waals surface area contributed by atoms with E-state index in [0.29, 0.717) is 19.1 Å². The zero-order valence-electron chi connectivity index (χ0n) is 14.8. The van der Waals surface area contributed by atoms with E-state index >= 15 is 0 Å². The second-order valence-corrected chi connectivity index (χ2v) is 6.56. The smallest absolute Gasteiger partial charge is 0.228 e. The fraction of sp³-hybridized carbons (Fsp3) is 0.474. The zero-order valence-corrected chi connectivity index (χ0v) is 14.8. The molecule has 2 aromatic rings. The summed E-state index contributed by atoms with van der Waals surface area (Å²) in [5, 5.41) is 7.59. The van der Waals surface area contributed by atoms with Crippen LogP contribution in [0.15, 0.2) is 24.3 Å². The number of carbonyl (C=O) groups is 1. The van der Waals surface area contributed by atoms with Crippen molar-refractivity contribution in [1.82, 2.24) is 9.78 Å². The molecule has 5 nitrogen and oxygen atoms in total. The van der Waals surface area contributed by atoms with Gasteiger partial charge in [-0.05, 0) is 44.2 Å². The molecule has 128 valence electrons. The third-order valence-corrected chi connectivity index (χ3v) is 4.85. The van der Waals surface area contributed by atoms with Crippen LogP contribution in [0.1, 0.15) is 34.9 Å². The highest BCUT2D eigenvalue weighted by Crippen LogP contribution is 2.49. The molecule has 1 amide bonds. The molecule has 0 aliphatic heterocycles. The summed E-state index contributed by atoms with van der Waals surface area (Å²) in [4.78, 5) is 12.6. The first-order valence-electron chi connectivity index (χ1n) is 8.42. The van der Waals surface area contributed by atoms with E-state index in [-0.39, 0.29) is 11.8 Å². The van der Waals surface area contributed by atoms with Crippen molar-refractivity contribution in [2.45, 2.75) is 39.7 Å². The molecule has 0 saturated heterocycles. The molecule has 1 heterocycles. The van der Waals surface area contributed by atoms with Gasteiger partial charge < -0.3 is 10.1 Å². The second-order valence-electron chi connectivity index (χ2n) is 6.56. The molecule has 24 heavy (non-hydrogen) atoms. The number of hydrogen-bond donors (Lipinski definition) is 1. The minimum atomic E-state index is 0.0622. The van der Waals surface area contributed by atoms with Crippen LogP contribution in [-0.2, 0) is 16.1 Å². The normalized spacial score (nSPS) is 19.3. The number of carbonyl (C=O) groups excluding carboxylic acids is 1. The molecule has 1 aromatic carbocycles. The zero-order chi connectivity index (χ0) is 17.3. The van der Waals surface area contributed by atoms with Gasteiger partial charge in [-0.2, -0.15) is 5.10 Å². The topological polar surface area (TPSA) is 56.1 Å². The summed E-state index contributed by atoms with van der Waals surface area (Å²) in [6.45, 7) is 7.31. The van der Waals surface area contributed by atoms with Gasteiger partial charge in [-0.15, -0.1) is 0 Å². The Hall–Kier alpha value is -2.14. The standard InChI is InChI=1S/C19H25N3O2/c1-12-7-5-6-8-15(12)16-11-17(16)19(23)20-18-13(2)21-22(14(18)3)9-10-24-4/h5-8,16-17H,9-11H2,1-4H3,(H,20,23)/t16-,17+/m1/s1. The molecular formula is C19H25N3O2. The summed E-state index contributed by atoms with van der Waals surface area (Å²) >= 11 is 0. The van der Waals surface area contributed by atoms with Crippen molar-refractivity contribution in [3.8, 4) is 0 Å². The minimum absolute atomic E-state index is 0.0622. The molecule has 3 rings (SSSR count). The van der Waals surface area contributed by atoms with Crippen molar-refractivity contribution < 1.29 is 9.53 Å². The Morgan fingerprint density at radius 3 is 2.79 bits per heavy atom. The number of nitrogens with one attached hydrogen (secondary N) is 1. The van der Waals surface area contributed by atoms with Crippen molar-refractivity contribution in [1.29, 1.82) is 0 Å². The van der Waals surface area contributed by atoms with Crippen molar-refractivity contribution in [2.24, 2.45) is 5.92 Å². The molecule has 1 aliphatic rings. The Labute approximate surface area is 143 Å². The fourth-order valence-corrected chi connectivity index (χ4v) is 3.32. The number of aryl methyl sites for hydroxylation is 2. The summed E-state index contributed by atoms with van der Waals surface area (Å²) in [5.41, 5.74) is 5.22. The lowest BCUT2D eigenvalue weighted by atomic mass is 10.0. The van der Waals surface area contributed by atoms with Crippen LogP contribution in [0.25, 0.3) is 0 Å². The highest BCUT2D eigenvalue weighted by molar-refractivity contribution is 5.96. The Bertz CT molecular complexity index is 751. The van der Waals surface area contributed by atoms with E-state index in [9.17, 15) is 4.79 Å². The summed E-state index contributed by atoms with van der Waals surface area (Å²) in [5.74, 6) is 0.503. The highest BCUT2D eigenvalue weighted by Gasteiger charge is 2.44. The Morgan fingerprint density at radius 2 is 2.08 bits per heavy atom. The van der Waals surface area contributed by atoms with Crippen LogP contribution >= 0.6 is 0 Å². The van der Waals surface area contributed by atoms with Crippen LogP contribution in [0.2, 0.25) is 0 Å². The first-order valence-corrected chi connectivity index (χ1v) is 8.42. The Balaban J connectivity index is 1.68. The number of nitrogens with zero attached hydrogens (tertiary/aromatic N) is 2. The lowest BCUT2D eigenvalue weighted by molar-refractivity contribution is -0.117. The summed E-state index contributed by atoms with van der Waals surface area (Å²) in [6, 6.07) is 8.32. The summed E-state index contributed by atoms with van der Waals surface area (Å²) in [6.07, 6.45) is 0.923. The van der Waals surface area contributed by atoms with Crippen molar-refractivity contribution >= 4 is 11.6 Å². The Kier molecular flexibility index (Phi) is 4.71. The van der Waals surface area contributed by atoms with Gasteiger partial charge in [0.1, 0.15) is 0 Å². The predicted octanol–water partition coefficient (Wildman–Crippen LogP) is 3.20. The third-order valence-electron chi connectivity index (χ3n) is 4.85. The quantitative estimate of drug-likeness (QED) is 0.886. The van der Waals surface area contributed by atoms with Gasteiger partial charge in [-0.1, -0.05) is 24.3 Å². The molecule has 0 radical (unpaired) electrons. The maximum atomic E-state index is 12.6. The van der Waals surface area contributed by atoms with Gasteiger partial charge in [-0.3, -0.25) is 9.48 Å². The number of rotatable bonds is 6. The minimum Gasteiger partial charge on any atom is -0.383 e. The van der Waals surface area contributed by atoms with Crippen LogP contribution in [0.4, 0.5) is 5.69 Å². The van der Waals surface area contributed by atoms with Crippen LogP contribution in [0.3, 0.4) is 0 Å². The highest BCUT2D eigenvalue weighted by atomic mass is 16.5. The maximum Gasteiger partial charge on any atom is 0.228 e. The molecule has 0 spiro atoms. The first kappa shape index (κ1) is 16.7. The predicted molar refractivity (Wildman–Crippen MR) is 94.2 cm³/mol. The number of aromatic nitrogens is 2. The lowest BCUT2D eigenvalue weighted by Gasteiger charge is -2.08. The van der Waals surface area contributed by atoms with Crippen molar-refractivity contribution in [3.63, 3.8) is 0 Å². The average molecular weight is 327 g/mol. The molecule has 0 unspecified atom stereocenters. The monoisotopic (exact) mass is 327 g/mol. The van der Waals surface area contributed by atoms with Gasteiger partial charge in [0.15, 0.2) is 0 Å². The van der Waals surface area contributed by atoms with Crippen LogP contribution in [0.5, 0.6) is 0 Å². The summed E-state index contributed by atoms with van der Waals surface area (Å²) in [7, 11) is 1.67. The van der Waals surface area contributed by atoms with Gasteiger partial charge in [0.2, 0.25) is 5.91 Å². The third kappa shape index (κ3) is 3.22. The molecule has 1 N–H and O–H groups in total. The van der Waals surface area contributed by atoms with Gasteiger partial charge in [0, 0.05) is 13.0 Å². The fourth-order valence-electron chi connectivity index (χ4n) is 3.32. The first-order chi connectivity index (χ1) is 11.5. The number of methoxy groups -OCH3 is 1. The molecular weight excluding hydrogens is 302 g/mol. The van der Waals surface area contributed by atoms with Crippen LogP contribution in [-0.4, -0.2) is 29.4 Å². The van der Waals surface area contributed by atoms with E-state index in [2.05, 4.69) is 29.5 Å². The maximum absolute atomic E-state index is 12.6. The molecule has 2 atom stereocenters. The largest absolute Gasteiger partial charge is 0.383 e. The molecule has 5 heteroatoms. The van der Waals surface area contributed by atoms with E-state index in [1.165, 1.54) is 11.1 Å². The van der Waals surface area contributed by atoms with Crippen molar-refractivity contribution in [3.05, 3.63) is 46.8 Å². The number of anilines is 1. The lowest BCUT2D eigenvalue weighted by Crippen LogP contribution is -2.16. The van der Waals surface area contributed by atoms with Gasteiger partial charge in [0.05, 0.1) is 30.2 Å². The SMILES string of the molecule is COCCn1nc(C)c(NC(=O)[C@H]2C[C@@H]2c2ccccc2C)c1C. The average Bonchev–Trinajstić information content (AvgIpc) is 3.31. The van der Waals surface area contributed by atoms with Gasteiger partial charge >= 0.3 is 0 Å². The molecule has 1 aromatic heterocycles. The molecule has 1 fully saturated rings. The number of ether oxygens (including phenoxy) is 1. The summed E-state index contributed by atoms with van der Waals surface area (Å²) < 4.78 is 6.99. The van der Waals surface area contributed by atoms with Crippen LogP contribution in [0, 0.1) is 26.7 Å². The molecule has 1 saturated carbocycles. The number of hydrogen-bond acceptors (Lipinski definition) is 3. The van der Waals surface area contributed by atoms with Gasteiger partial charge in [-0.25, -0.2) is 0 Å². The van der Waals surface area contributed by atoms with E-state index in [1.807, 2.05) is 30.7 Å². The van der Waals surface area contributed by atoms with E-state index in [4.69, 9.17) is 4.74 Å².